The van der Waals surface area contributed by atoms with Crippen molar-refractivity contribution in [2.75, 3.05) is 26.2 Å². The normalized spacial score (nSPS) is 18.1. The molecular weight excluding hydrogens is 268 g/mol. The van der Waals surface area contributed by atoms with E-state index in [1.165, 1.54) is 0 Å². The van der Waals surface area contributed by atoms with E-state index in [0.29, 0.717) is 32.5 Å². The van der Waals surface area contributed by atoms with E-state index in [2.05, 4.69) is 0 Å². The number of carbonyl (C=O) groups excluding carboxylic acids is 2. The molecule has 1 aromatic rings. The predicted octanol–water partition coefficient (Wildman–Crippen LogP) is 1.07. The minimum atomic E-state index is -0.606. The molecule has 5 heteroatoms. The van der Waals surface area contributed by atoms with Gasteiger partial charge in [0.2, 0.25) is 5.91 Å². The zero-order chi connectivity index (χ0) is 15.3. The van der Waals surface area contributed by atoms with Crippen LogP contribution in [0.25, 0.3) is 0 Å². The van der Waals surface area contributed by atoms with Gasteiger partial charge in [0.1, 0.15) is 0 Å². The molecule has 2 rings (SSSR count). The molecule has 0 atom stereocenters. The highest BCUT2D eigenvalue weighted by Crippen LogP contribution is 2.36. The molecule has 0 aliphatic carbocycles. The first-order chi connectivity index (χ1) is 10.1. The fourth-order valence-electron chi connectivity index (χ4n) is 2.95. The summed E-state index contributed by atoms with van der Waals surface area (Å²) in [4.78, 5) is 25.5. The Kier molecular flexibility index (Phi) is 4.96. The summed E-state index contributed by atoms with van der Waals surface area (Å²) in [5.74, 6) is -0.506. The van der Waals surface area contributed by atoms with Gasteiger partial charge in [0, 0.05) is 13.1 Å². The highest BCUT2D eigenvalue weighted by Gasteiger charge is 2.44. The minimum Gasteiger partial charge on any atom is -0.465 e. The third-order valence-electron chi connectivity index (χ3n) is 4.08. The van der Waals surface area contributed by atoms with Crippen LogP contribution in [0.4, 0.5) is 0 Å². The van der Waals surface area contributed by atoms with Crippen molar-refractivity contribution >= 4 is 11.9 Å². The number of benzene rings is 1. The smallest absolute Gasteiger partial charge is 0.316 e. The molecule has 21 heavy (non-hydrogen) atoms. The van der Waals surface area contributed by atoms with Crippen LogP contribution in [0.2, 0.25) is 0 Å². The monoisotopic (exact) mass is 290 g/mol. The Bertz CT molecular complexity index is 494. The average Bonchev–Trinajstić information content (AvgIpc) is 2.49. The zero-order valence-corrected chi connectivity index (χ0v) is 12.4. The van der Waals surface area contributed by atoms with Crippen LogP contribution in [-0.2, 0) is 19.7 Å². The molecule has 1 aliphatic rings. The van der Waals surface area contributed by atoms with E-state index in [9.17, 15) is 9.59 Å². The Morgan fingerprint density at radius 1 is 1.24 bits per heavy atom. The van der Waals surface area contributed by atoms with Gasteiger partial charge in [0.05, 0.1) is 18.6 Å². The number of carbonyl (C=O) groups is 2. The molecule has 1 saturated heterocycles. The SMILES string of the molecule is CCOC(=O)C1(c2ccccc2)CCN(CC(N)=O)CC1. The van der Waals surface area contributed by atoms with E-state index >= 15 is 0 Å². The Morgan fingerprint density at radius 2 is 1.86 bits per heavy atom. The Balaban J connectivity index is 2.20. The molecule has 0 bridgehead atoms. The molecule has 1 amide bonds. The summed E-state index contributed by atoms with van der Waals surface area (Å²) in [5, 5.41) is 0. The summed E-state index contributed by atoms with van der Waals surface area (Å²) in [6.45, 7) is 3.76. The second-order valence-electron chi connectivity index (χ2n) is 5.41. The van der Waals surface area contributed by atoms with Gasteiger partial charge in [-0.1, -0.05) is 30.3 Å². The molecule has 0 radical (unpaired) electrons. The molecular formula is C16H22N2O3. The number of ether oxygens (including phenoxy) is 1. The van der Waals surface area contributed by atoms with E-state index in [1.54, 1.807) is 0 Å². The lowest BCUT2D eigenvalue weighted by molar-refractivity contribution is -0.152. The molecule has 2 N–H and O–H groups in total. The van der Waals surface area contributed by atoms with Gasteiger partial charge in [-0.15, -0.1) is 0 Å². The molecule has 1 heterocycles. The standard InChI is InChI=1S/C16H22N2O3/c1-2-21-15(20)16(13-6-4-3-5-7-13)8-10-18(11-9-16)12-14(17)19/h3-7H,2,8-12H2,1H3,(H2,17,19). The Labute approximate surface area is 125 Å². The molecule has 1 aliphatic heterocycles. The van der Waals surface area contributed by atoms with Crippen molar-refractivity contribution in [3.05, 3.63) is 35.9 Å². The maximum Gasteiger partial charge on any atom is 0.316 e. The van der Waals surface area contributed by atoms with Crippen molar-refractivity contribution in [1.82, 2.24) is 4.90 Å². The molecule has 0 unspecified atom stereocenters. The second-order valence-corrected chi connectivity index (χ2v) is 5.41. The van der Waals surface area contributed by atoms with E-state index in [4.69, 9.17) is 10.5 Å². The molecule has 0 spiro atoms. The van der Waals surface area contributed by atoms with E-state index in [1.807, 2.05) is 42.2 Å². The quantitative estimate of drug-likeness (QED) is 0.823. The van der Waals surface area contributed by atoms with Crippen molar-refractivity contribution in [2.45, 2.75) is 25.2 Å². The minimum absolute atomic E-state index is 0.171. The van der Waals surface area contributed by atoms with Crippen LogP contribution in [0, 0.1) is 0 Å². The van der Waals surface area contributed by atoms with Gasteiger partial charge in [0.25, 0.3) is 0 Å². The van der Waals surface area contributed by atoms with Crippen LogP contribution in [0.3, 0.4) is 0 Å². The number of hydrogen-bond acceptors (Lipinski definition) is 4. The van der Waals surface area contributed by atoms with Gasteiger partial charge in [-0.25, -0.2) is 0 Å². The van der Waals surface area contributed by atoms with E-state index in [0.717, 1.165) is 5.56 Å². The van der Waals surface area contributed by atoms with Gasteiger partial charge < -0.3 is 10.5 Å². The fraction of sp³-hybridized carbons (Fsp3) is 0.500. The molecule has 114 valence electrons. The lowest BCUT2D eigenvalue weighted by Crippen LogP contribution is -2.49. The summed E-state index contributed by atoms with van der Waals surface area (Å²) in [5.41, 5.74) is 5.62. The molecule has 0 aromatic heterocycles. The van der Waals surface area contributed by atoms with Crippen molar-refractivity contribution in [3.63, 3.8) is 0 Å². The zero-order valence-electron chi connectivity index (χ0n) is 12.4. The summed E-state index contributed by atoms with van der Waals surface area (Å²) in [7, 11) is 0. The number of piperidine rings is 1. The number of nitrogens with two attached hydrogens (primary N) is 1. The third kappa shape index (κ3) is 3.42. The van der Waals surface area contributed by atoms with Gasteiger partial charge in [-0.05, 0) is 25.3 Å². The van der Waals surface area contributed by atoms with Crippen LogP contribution in [0.1, 0.15) is 25.3 Å². The van der Waals surface area contributed by atoms with Crippen LogP contribution in [0.5, 0.6) is 0 Å². The topological polar surface area (TPSA) is 72.6 Å². The van der Waals surface area contributed by atoms with Gasteiger partial charge >= 0.3 is 5.97 Å². The number of esters is 1. The van der Waals surface area contributed by atoms with Gasteiger partial charge in [-0.2, -0.15) is 0 Å². The molecule has 5 nitrogen and oxygen atoms in total. The number of rotatable bonds is 5. The lowest BCUT2D eigenvalue weighted by atomic mass is 9.72. The summed E-state index contributed by atoms with van der Waals surface area (Å²) < 4.78 is 5.31. The molecule has 1 fully saturated rings. The van der Waals surface area contributed by atoms with Gasteiger partial charge in [-0.3, -0.25) is 14.5 Å². The first kappa shape index (κ1) is 15.5. The van der Waals surface area contributed by atoms with E-state index < -0.39 is 5.41 Å². The molecule has 1 aromatic carbocycles. The molecule has 0 saturated carbocycles. The first-order valence-corrected chi connectivity index (χ1v) is 7.32. The predicted molar refractivity (Wildman–Crippen MR) is 79.6 cm³/mol. The van der Waals surface area contributed by atoms with Crippen molar-refractivity contribution in [1.29, 1.82) is 0 Å². The summed E-state index contributed by atoms with van der Waals surface area (Å²) in [6, 6.07) is 9.75. The van der Waals surface area contributed by atoms with Crippen LogP contribution in [0.15, 0.2) is 30.3 Å². The van der Waals surface area contributed by atoms with Gasteiger partial charge in [0.15, 0.2) is 0 Å². The van der Waals surface area contributed by atoms with Crippen molar-refractivity contribution in [3.8, 4) is 0 Å². The number of hydrogen-bond donors (Lipinski definition) is 1. The van der Waals surface area contributed by atoms with Crippen LogP contribution >= 0.6 is 0 Å². The summed E-state index contributed by atoms with van der Waals surface area (Å²) >= 11 is 0. The average molecular weight is 290 g/mol. The van der Waals surface area contributed by atoms with Crippen LogP contribution in [-0.4, -0.2) is 43.0 Å². The largest absolute Gasteiger partial charge is 0.465 e. The van der Waals surface area contributed by atoms with Crippen LogP contribution < -0.4 is 5.73 Å². The third-order valence-corrected chi connectivity index (χ3v) is 4.08. The Morgan fingerprint density at radius 3 is 2.38 bits per heavy atom. The Hall–Kier alpha value is -1.88. The number of likely N-dealkylation sites (tertiary alicyclic amines) is 1. The fourth-order valence-corrected chi connectivity index (χ4v) is 2.95. The highest BCUT2D eigenvalue weighted by atomic mass is 16.5. The lowest BCUT2D eigenvalue weighted by Gasteiger charge is -2.39. The van der Waals surface area contributed by atoms with E-state index in [-0.39, 0.29) is 18.4 Å². The number of primary amides is 1. The number of amides is 1. The summed E-state index contributed by atoms with van der Waals surface area (Å²) in [6.07, 6.45) is 1.28. The van der Waals surface area contributed by atoms with Crippen molar-refractivity contribution in [2.24, 2.45) is 5.73 Å². The highest BCUT2D eigenvalue weighted by molar-refractivity contribution is 5.83. The second kappa shape index (κ2) is 6.72. The maximum absolute atomic E-state index is 12.5. The van der Waals surface area contributed by atoms with Crippen molar-refractivity contribution < 1.29 is 14.3 Å². The first-order valence-electron chi connectivity index (χ1n) is 7.32. The number of nitrogens with zero attached hydrogens (tertiary/aromatic N) is 1. The maximum atomic E-state index is 12.5.